The van der Waals surface area contributed by atoms with Crippen molar-refractivity contribution in [2.45, 2.75) is 129 Å². The van der Waals surface area contributed by atoms with Crippen molar-refractivity contribution in [2.24, 2.45) is 0 Å². The van der Waals surface area contributed by atoms with Crippen LogP contribution in [-0.2, 0) is 4.79 Å². The Kier molecular flexibility index (Phi) is 19.4. The molecule has 0 aromatic carbocycles. The minimum absolute atomic E-state index is 0.353. The van der Waals surface area contributed by atoms with E-state index in [0.29, 0.717) is 5.91 Å². The SMILES string of the molecule is CCCCCCCCCCCC(=O)N(C)CCCCCCCCCC. The van der Waals surface area contributed by atoms with E-state index in [2.05, 4.69) is 13.8 Å². The predicted molar refractivity (Wildman–Crippen MR) is 112 cm³/mol. The molecular weight excluding hydrogens is 306 g/mol. The first-order valence-electron chi connectivity index (χ1n) is 11.5. The van der Waals surface area contributed by atoms with E-state index in [1.807, 2.05) is 11.9 Å². The first-order valence-corrected chi connectivity index (χ1v) is 11.5. The van der Waals surface area contributed by atoms with Crippen molar-refractivity contribution in [3.63, 3.8) is 0 Å². The number of unbranched alkanes of at least 4 members (excludes halogenated alkanes) is 15. The van der Waals surface area contributed by atoms with E-state index in [0.717, 1.165) is 19.4 Å². The van der Waals surface area contributed by atoms with Crippen LogP contribution in [0.1, 0.15) is 129 Å². The molecule has 0 aromatic heterocycles. The molecule has 1 amide bonds. The van der Waals surface area contributed by atoms with Crippen LogP contribution >= 0.6 is 0 Å². The molecule has 0 aromatic rings. The molecule has 0 unspecified atom stereocenters. The second-order valence-electron chi connectivity index (χ2n) is 7.87. The van der Waals surface area contributed by atoms with Crippen molar-refractivity contribution in [3.05, 3.63) is 0 Å². The summed E-state index contributed by atoms with van der Waals surface area (Å²) >= 11 is 0. The number of hydrogen-bond donors (Lipinski definition) is 0. The van der Waals surface area contributed by atoms with Gasteiger partial charge in [-0.1, -0.05) is 110 Å². The maximum absolute atomic E-state index is 12.1. The Morgan fingerprint density at radius 3 is 1.36 bits per heavy atom. The Morgan fingerprint density at radius 2 is 0.920 bits per heavy atom. The third kappa shape index (κ3) is 18.1. The molecule has 0 radical (unpaired) electrons. The Morgan fingerprint density at radius 1 is 0.560 bits per heavy atom. The highest BCUT2D eigenvalue weighted by Crippen LogP contribution is 2.12. The number of rotatable bonds is 19. The molecule has 0 saturated carbocycles. The normalized spacial score (nSPS) is 11.0. The second kappa shape index (κ2) is 19.8. The van der Waals surface area contributed by atoms with Crippen LogP contribution in [0, 0.1) is 0 Å². The van der Waals surface area contributed by atoms with Crippen molar-refractivity contribution in [1.82, 2.24) is 4.90 Å². The lowest BCUT2D eigenvalue weighted by atomic mass is 10.1. The van der Waals surface area contributed by atoms with Gasteiger partial charge >= 0.3 is 0 Å². The molecule has 0 heterocycles. The summed E-state index contributed by atoms with van der Waals surface area (Å²) in [4.78, 5) is 14.1. The van der Waals surface area contributed by atoms with Crippen LogP contribution in [0.15, 0.2) is 0 Å². The molecule has 150 valence electrons. The van der Waals surface area contributed by atoms with Gasteiger partial charge in [0.25, 0.3) is 0 Å². The van der Waals surface area contributed by atoms with E-state index < -0.39 is 0 Å². The predicted octanol–water partition coefficient (Wildman–Crippen LogP) is 7.51. The second-order valence-corrected chi connectivity index (χ2v) is 7.87. The molecule has 0 rings (SSSR count). The summed E-state index contributed by atoms with van der Waals surface area (Å²) in [5, 5.41) is 0. The Balaban J connectivity index is 3.33. The third-order valence-corrected chi connectivity index (χ3v) is 5.27. The smallest absolute Gasteiger partial charge is 0.222 e. The maximum Gasteiger partial charge on any atom is 0.222 e. The molecular formula is C23H47NO. The van der Waals surface area contributed by atoms with Crippen LogP contribution in [0.2, 0.25) is 0 Å². The maximum atomic E-state index is 12.1. The number of nitrogens with zero attached hydrogens (tertiary/aromatic N) is 1. The van der Waals surface area contributed by atoms with Crippen molar-refractivity contribution in [2.75, 3.05) is 13.6 Å². The number of amides is 1. The summed E-state index contributed by atoms with van der Waals surface area (Å²) in [6.45, 7) is 5.48. The molecule has 0 atom stereocenters. The summed E-state index contributed by atoms with van der Waals surface area (Å²) in [5.41, 5.74) is 0. The van der Waals surface area contributed by atoms with Crippen molar-refractivity contribution < 1.29 is 4.79 Å². The number of hydrogen-bond acceptors (Lipinski definition) is 1. The first kappa shape index (κ1) is 24.5. The van der Waals surface area contributed by atoms with E-state index in [4.69, 9.17) is 0 Å². The summed E-state index contributed by atoms with van der Waals surface area (Å²) in [5.74, 6) is 0.353. The zero-order valence-electron chi connectivity index (χ0n) is 17.8. The average Bonchev–Trinajstić information content (AvgIpc) is 2.62. The van der Waals surface area contributed by atoms with Crippen molar-refractivity contribution in [3.8, 4) is 0 Å². The topological polar surface area (TPSA) is 20.3 Å². The summed E-state index contributed by atoms with van der Waals surface area (Å²) in [7, 11) is 1.98. The minimum atomic E-state index is 0.353. The molecule has 0 spiro atoms. The standard InChI is InChI=1S/C23H47NO/c1-4-6-8-10-12-14-15-17-19-21-23(25)24(3)22-20-18-16-13-11-9-7-5-2/h4-22H2,1-3H3. The highest BCUT2D eigenvalue weighted by Gasteiger charge is 2.07. The highest BCUT2D eigenvalue weighted by atomic mass is 16.2. The van der Waals surface area contributed by atoms with Crippen LogP contribution in [0.4, 0.5) is 0 Å². The first-order chi connectivity index (χ1) is 12.2. The molecule has 0 bridgehead atoms. The zero-order chi connectivity index (χ0) is 18.6. The van der Waals surface area contributed by atoms with Gasteiger partial charge < -0.3 is 4.90 Å². The van der Waals surface area contributed by atoms with Gasteiger partial charge in [0.15, 0.2) is 0 Å². The van der Waals surface area contributed by atoms with Crippen LogP contribution in [0.5, 0.6) is 0 Å². The summed E-state index contributed by atoms with van der Waals surface area (Å²) < 4.78 is 0. The fourth-order valence-corrected chi connectivity index (χ4v) is 3.39. The van der Waals surface area contributed by atoms with Gasteiger partial charge in [-0.25, -0.2) is 0 Å². The molecule has 0 aliphatic rings. The molecule has 0 fully saturated rings. The summed E-state index contributed by atoms with van der Waals surface area (Å²) in [6.07, 6.45) is 23.3. The molecule has 0 aliphatic heterocycles. The molecule has 0 aliphatic carbocycles. The molecule has 2 nitrogen and oxygen atoms in total. The Labute approximate surface area is 159 Å². The molecule has 2 heteroatoms. The van der Waals surface area contributed by atoms with Gasteiger partial charge in [0.2, 0.25) is 5.91 Å². The highest BCUT2D eigenvalue weighted by molar-refractivity contribution is 5.75. The van der Waals surface area contributed by atoms with Gasteiger partial charge in [-0.15, -0.1) is 0 Å². The fraction of sp³-hybridized carbons (Fsp3) is 0.957. The quantitative estimate of drug-likeness (QED) is 0.220. The van der Waals surface area contributed by atoms with Gasteiger partial charge in [-0.3, -0.25) is 4.79 Å². The van der Waals surface area contributed by atoms with Gasteiger partial charge in [-0.2, -0.15) is 0 Å². The fourth-order valence-electron chi connectivity index (χ4n) is 3.39. The molecule has 25 heavy (non-hydrogen) atoms. The monoisotopic (exact) mass is 353 g/mol. The van der Waals surface area contributed by atoms with Gasteiger partial charge in [0.05, 0.1) is 0 Å². The lowest BCUT2D eigenvalue weighted by molar-refractivity contribution is -0.130. The van der Waals surface area contributed by atoms with Crippen molar-refractivity contribution >= 4 is 5.91 Å². The van der Waals surface area contributed by atoms with Gasteiger partial charge in [0, 0.05) is 20.0 Å². The minimum Gasteiger partial charge on any atom is -0.346 e. The van der Waals surface area contributed by atoms with E-state index in [1.54, 1.807) is 0 Å². The van der Waals surface area contributed by atoms with Gasteiger partial charge in [-0.05, 0) is 12.8 Å². The van der Waals surface area contributed by atoms with Crippen LogP contribution in [0.25, 0.3) is 0 Å². The largest absolute Gasteiger partial charge is 0.346 e. The van der Waals surface area contributed by atoms with E-state index in [1.165, 1.54) is 103 Å². The van der Waals surface area contributed by atoms with Crippen LogP contribution in [0.3, 0.4) is 0 Å². The number of carbonyl (C=O) groups excluding carboxylic acids is 1. The molecule has 0 N–H and O–H groups in total. The third-order valence-electron chi connectivity index (χ3n) is 5.27. The number of carbonyl (C=O) groups is 1. The Hall–Kier alpha value is -0.530. The van der Waals surface area contributed by atoms with Gasteiger partial charge in [0.1, 0.15) is 0 Å². The summed E-state index contributed by atoms with van der Waals surface area (Å²) in [6, 6.07) is 0. The Bertz CT molecular complexity index is 277. The molecule has 0 saturated heterocycles. The van der Waals surface area contributed by atoms with E-state index in [-0.39, 0.29) is 0 Å². The van der Waals surface area contributed by atoms with E-state index >= 15 is 0 Å². The van der Waals surface area contributed by atoms with Crippen LogP contribution < -0.4 is 0 Å². The average molecular weight is 354 g/mol. The zero-order valence-corrected chi connectivity index (χ0v) is 17.8. The lowest BCUT2D eigenvalue weighted by Gasteiger charge is -2.17. The lowest BCUT2D eigenvalue weighted by Crippen LogP contribution is -2.27. The van der Waals surface area contributed by atoms with E-state index in [9.17, 15) is 4.79 Å². The van der Waals surface area contributed by atoms with Crippen molar-refractivity contribution in [1.29, 1.82) is 0 Å². The van der Waals surface area contributed by atoms with Crippen LogP contribution in [-0.4, -0.2) is 24.4 Å².